The molecule has 0 aromatic heterocycles. The molecule has 0 bridgehead atoms. The van der Waals surface area contributed by atoms with E-state index in [1.807, 2.05) is 38.2 Å². The molecule has 0 aliphatic rings. The van der Waals surface area contributed by atoms with Crippen LogP contribution in [0.25, 0.3) is 0 Å². The van der Waals surface area contributed by atoms with Crippen LogP contribution in [-0.2, 0) is 4.57 Å². The van der Waals surface area contributed by atoms with E-state index < -0.39 is 7.60 Å². The molecule has 7 heteroatoms. The molecule has 0 saturated carbocycles. The molecule has 1 unspecified atom stereocenters. The van der Waals surface area contributed by atoms with Gasteiger partial charge < -0.3 is 20.8 Å². The monoisotopic (exact) mass is 343 g/mol. The van der Waals surface area contributed by atoms with Crippen molar-refractivity contribution in [3.63, 3.8) is 0 Å². The summed E-state index contributed by atoms with van der Waals surface area (Å²) in [5.41, 5.74) is 6.12. The summed E-state index contributed by atoms with van der Waals surface area (Å²) in [5, 5.41) is 3.17. The average molecular weight is 343 g/mol. The third kappa shape index (κ3) is 14.0. The van der Waals surface area contributed by atoms with E-state index in [4.69, 9.17) is 9.79 Å². The Balaban J connectivity index is 0. The summed E-state index contributed by atoms with van der Waals surface area (Å²) >= 11 is 0. The van der Waals surface area contributed by atoms with Crippen molar-refractivity contribution in [1.82, 2.24) is 5.32 Å². The quantitative estimate of drug-likeness (QED) is 0.211. The van der Waals surface area contributed by atoms with Crippen molar-refractivity contribution in [3.05, 3.63) is 48.2 Å². The second kappa shape index (κ2) is 14.3. The lowest BCUT2D eigenvalue weighted by atomic mass is 10.1. The second-order valence-corrected chi connectivity index (χ2v) is 6.32. The fourth-order valence-electron chi connectivity index (χ4n) is 1.59. The molecule has 23 heavy (non-hydrogen) atoms. The van der Waals surface area contributed by atoms with E-state index in [9.17, 15) is 4.57 Å². The van der Waals surface area contributed by atoms with Gasteiger partial charge in [-0.3, -0.25) is 9.56 Å². The summed E-state index contributed by atoms with van der Waals surface area (Å²) in [7, 11) is -2.39. The molecule has 6 nitrogen and oxygen atoms in total. The van der Waals surface area contributed by atoms with Crippen molar-refractivity contribution in [2.24, 2.45) is 10.7 Å². The average Bonchev–Trinajstić information content (AvgIpc) is 2.52. The Morgan fingerprint density at radius 1 is 1.39 bits per heavy atom. The first-order valence-corrected chi connectivity index (χ1v) is 9.13. The van der Waals surface area contributed by atoms with E-state index in [1.54, 1.807) is 6.08 Å². The number of aliphatic imine (C=N–C) groups is 1. The number of hydrogen-bond acceptors (Lipinski definition) is 4. The van der Waals surface area contributed by atoms with Crippen LogP contribution in [0.3, 0.4) is 0 Å². The molecule has 0 heterocycles. The molecule has 0 aromatic rings. The summed E-state index contributed by atoms with van der Waals surface area (Å²) in [6.07, 6.45) is 9.63. The molecule has 0 fully saturated rings. The molecule has 0 aliphatic heterocycles. The summed E-state index contributed by atoms with van der Waals surface area (Å²) in [6, 6.07) is 0.0772. The Labute approximate surface area is 139 Å². The van der Waals surface area contributed by atoms with Crippen LogP contribution in [0, 0.1) is 0 Å². The topological polar surface area (TPSA) is 108 Å². The van der Waals surface area contributed by atoms with Gasteiger partial charge in [0.15, 0.2) is 0 Å². The van der Waals surface area contributed by atoms with Gasteiger partial charge in [-0.1, -0.05) is 30.9 Å². The number of rotatable bonds is 10. The molecule has 5 N–H and O–H groups in total. The predicted molar refractivity (Wildman–Crippen MR) is 99.8 cm³/mol. The van der Waals surface area contributed by atoms with Crippen molar-refractivity contribution in [3.8, 4) is 0 Å². The number of nitrogens with zero attached hydrogens (tertiary/aromatic N) is 1. The van der Waals surface area contributed by atoms with Crippen LogP contribution in [0.1, 0.15) is 20.3 Å². The number of hydrogen-bond donors (Lipinski definition) is 4. The van der Waals surface area contributed by atoms with Gasteiger partial charge in [0.1, 0.15) is 0 Å². The summed E-state index contributed by atoms with van der Waals surface area (Å²) in [6.45, 7) is 11.7. The first-order chi connectivity index (χ1) is 10.8. The zero-order valence-corrected chi connectivity index (χ0v) is 15.2. The summed E-state index contributed by atoms with van der Waals surface area (Å²) in [4.78, 5) is 21.5. The minimum atomic E-state index is -3.89. The molecule has 0 aliphatic carbocycles. The standard InChI is InChI=1S/C15H25N2O3P.CH5N/c1-5-8-15(16-4)14(6-2)10-9-13(3)17-11-7-12-21(18,19)20;1-2/h5-6,8-10,13,17H,2,4,7,11-12H2,1,3H3,(H2,18,19,20);2H2,1H3/b8-5-,10-9-,15-14-;. The Hall–Kier alpha value is -1.30. The molecular formula is C16H30N3O3P. The smallest absolute Gasteiger partial charge is 0.325 e. The van der Waals surface area contributed by atoms with Crippen molar-refractivity contribution in [2.45, 2.75) is 26.3 Å². The zero-order valence-electron chi connectivity index (χ0n) is 14.3. The second-order valence-electron chi connectivity index (χ2n) is 4.55. The minimum Gasteiger partial charge on any atom is -0.333 e. The van der Waals surface area contributed by atoms with Crippen molar-refractivity contribution in [1.29, 1.82) is 0 Å². The van der Waals surface area contributed by atoms with Crippen LogP contribution in [0.5, 0.6) is 0 Å². The maximum atomic E-state index is 10.7. The number of nitrogens with two attached hydrogens (primary N) is 1. The van der Waals surface area contributed by atoms with E-state index in [1.165, 1.54) is 7.05 Å². The highest BCUT2D eigenvalue weighted by molar-refractivity contribution is 7.51. The van der Waals surface area contributed by atoms with Crippen LogP contribution in [0.2, 0.25) is 0 Å². The highest BCUT2D eigenvalue weighted by Crippen LogP contribution is 2.34. The fourth-order valence-corrected chi connectivity index (χ4v) is 2.16. The van der Waals surface area contributed by atoms with Gasteiger partial charge in [-0.15, -0.1) is 0 Å². The summed E-state index contributed by atoms with van der Waals surface area (Å²) in [5.74, 6) is 0. The lowest BCUT2D eigenvalue weighted by Gasteiger charge is -2.10. The molecule has 0 spiro atoms. The Morgan fingerprint density at radius 3 is 2.43 bits per heavy atom. The van der Waals surface area contributed by atoms with Crippen molar-refractivity contribution >= 4 is 14.3 Å². The van der Waals surface area contributed by atoms with E-state index >= 15 is 0 Å². The Kier molecular flexibility index (Phi) is 14.9. The highest BCUT2D eigenvalue weighted by atomic mass is 31.2. The first kappa shape index (κ1) is 24.0. The Morgan fingerprint density at radius 2 is 2.00 bits per heavy atom. The third-order valence-corrected chi connectivity index (χ3v) is 3.57. The van der Waals surface area contributed by atoms with Gasteiger partial charge >= 0.3 is 7.60 Å². The molecule has 0 aromatic carbocycles. The molecule has 132 valence electrons. The molecular weight excluding hydrogens is 313 g/mol. The van der Waals surface area contributed by atoms with Crippen molar-refractivity contribution in [2.75, 3.05) is 19.8 Å². The van der Waals surface area contributed by atoms with Gasteiger partial charge in [0.25, 0.3) is 0 Å². The van der Waals surface area contributed by atoms with Crippen LogP contribution < -0.4 is 11.1 Å². The lowest BCUT2D eigenvalue weighted by Crippen LogP contribution is -2.25. The summed E-state index contributed by atoms with van der Waals surface area (Å²) < 4.78 is 10.7. The third-order valence-electron chi connectivity index (χ3n) is 2.67. The molecule has 1 atom stereocenters. The highest BCUT2D eigenvalue weighted by Gasteiger charge is 2.11. The fraction of sp³-hybridized carbons (Fsp3) is 0.438. The van der Waals surface area contributed by atoms with Gasteiger partial charge in [-0.2, -0.15) is 0 Å². The predicted octanol–water partition coefficient (Wildman–Crippen LogP) is 2.38. The van der Waals surface area contributed by atoms with E-state index in [0.29, 0.717) is 13.0 Å². The van der Waals surface area contributed by atoms with Crippen LogP contribution in [0.4, 0.5) is 0 Å². The number of allylic oxidation sites excluding steroid dienone is 5. The van der Waals surface area contributed by atoms with Gasteiger partial charge in [0.2, 0.25) is 0 Å². The zero-order chi connectivity index (χ0) is 18.3. The minimum absolute atomic E-state index is 0.0772. The Bertz CT molecular complexity index is 479. The molecule has 0 rings (SSSR count). The number of nitrogens with one attached hydrogen (secondary N) is 1. The van der Waals surface area contributed by atoms with Gasteiger partial charge in [-0.05, 0) is 52.2 Å². The van der Waals surface area contributed by atoms with Gasteiger partial charge in [0.05, 0.1) is 11.9 Å². The maximum absolute atomic E-state index is 10.7. The van der Waals surface area contributed by atoms with E-state index in [-0.39, 0.29) is 12.2 Å². The first-order valence-electron chi connectivity index (χ1n) is 7.34. The van der Waals surface area contributed by atoms with Crippen LogP contribution >= 0.6 is 7.60 Å². The largest absolute Gasteiger partial charge is 0.333 e. The molecule has 0 radical (unpaired) electrons. The molecule has 0 saturated heterocycles. The van der Waals surface area contributed by atoms with Gasteiger partial charge in [0, 0.05) is 6.04 Å². The van der Waals surface area contributed by atoms with Crippen molar-refractivity contribution < 1.29 is 14.4 Å². The SMILES string of the molecule is C=CC(/C=C\C(C)NCCCP(=O)(O)O)=C(\C=C/C)N=C.CN. The van der Waals surface area contributed by atoms with Crippen LogP contribution in [0.15, 0.2) is 53.2 Å². The lowest BCUT2D eigenvalue weighted by molar-refractivity contribution is 0.371. The van der Waals surface area contributed by atoms with E-state index in [2.05, 4.69) is 29.3 Å². The van der Waals surface area contributed by atoms with Gasteiger partial charge in [-0.25, -0.2) is 0 Å². The van der Waals surface area contributed by atoms with E-state index in [0.717, 1.165) is 11.3 Å². The normalized spacial score (nSPS) is 14.2. The maximum Gasteiger partial charge on any atom is 0.325 e. The molecule has 0 amide bonds. The van der Waals surface area contributed by atoms with Crippen LogP contribution in [-0.4, -0.2) is 42.3 Å².